The zero-order valence-electron chi connectivity index (χ0n) is 14.5. The third-order valence-corrected chi connectivity index (χ3v) is 4.75. The topological polar surface area (TPSA) is 105 Å². The molecule has 3 aromatic rings. The van der Waals surface area contributed by atoms with Crippen LogP contribution in [-0.4, -0.2) is 22.2 Å². The molecule has 8 heteroatoms. The monoisotopic (exact) mass is 380 g/mol. The molecule has 0 aliphatic heterocycles. The van der Waals surface area contributed by atoms with Gasteiger partial charge < -0.3 is 9.73 Å². The van der Waals surface area contributed by atoms with E-state index in [9.17, 15) is 15.4 Å². The first-order valence-corrected chi connectivity index (χ1v) is 9.14. The lowest BCUT2D eigenvalue weighted by molar-refractivity contribution is -0.384. The zero-order valence-corrected chi connectivity index (χ0v) is 15.3. The molecule has 0 radical (unpaired) electrons. The normalized spacial score (nSPS) is 10.4. The van der Waals surface area contributed by atoms with Crippen molar-refractivity contribution in [2.75, 3.05) is 17.6 Å². The average Bonchev–Trinajstić information content (AvgIpc) is 3.09. The number of hydrogen-bond acceptors (Lipinski definition) is 7. The lowest BCUT2D eigenvalue weighted by Gasteiger charge is -2.03. The maximum Gasteiger partial charge on any atom is 0.269 e. The van der Waals surface area contributed by atoms with Crippen LogP contribution in [0.5, 0.6) is 0 Å². The van der Waals surface area contributed by atoms with E-state index in [0.717, 1.165) is 16.0 Å². The van der Waals surface area contributed by atoms with Crippen LogP contribution in [0, 0.1) is 28.4 Å². The Balaban J connectivity index is 1.58. The van der Waals surface area contributed by atoms with Crippen LogP contribution in [-0.2, 0) is 0 Å². The predicted molar refractivity (Wildman–Crippen MR) is 104 cm³/mol. The number of aryl methyl sites for hydroxylation is 1. The van der Waals surface area contributed by atoms with Crippen LogP contribution in [0.25, 0.3) is 11.5 Å². The van der Waals surface area contributed by atoms with E-state index in [-0.39, 0.29) is 11.4 Å². The molecule has 0 bridgehead atoms. The number of nitro groups is 1. The van der Waals surface area contributed by atoms with Gasteiger partial charge in [-0.2, -0.15) is 10.2 Å². The Hall–Kier alpha value is -3.31. The molecule has 3 rings (SSSR count). The molecule has 0 unspecified atom stereocenters. The van der Waals surface area contributed by atoms with Gasteiger partial charge in [-0.25, -0.2) is 0 Å². The molecule has 1 N–H and O–H groups in total. The number of nitro benzene ring substituents is 1. The fourth-order valence-corrected chi connectivity index (χ4v) is 3.10. The molecule has 0 spiro atoms. The van der Waals surface area contributed by atoms with E-state index in [4.69, 9.17) is 4.42 Å². The van der Waals surface area contributed by atoms with Gasteiger partial charge in [-0.05, 0) is 31.2 Å². The van der Waals surface area contributed by atoms with Gasteiger partial charge >= 0.3 is 0 Å². The number of thioether (sulfide) groups is 1. The summed E-state index contributed by atoms with van der Waals surface area (Å²) in [5, 5.41) is 23.0. The molecule has 0 fully saturated rings. The Morgan fingerprint density at radius 2 is 1.93 bits per heavy atom. The first-order chi connectivity index (χ1) is 13.1. The number of nitrogens with one attached hydrogen (secondary N) is 1. The fourth-order valence-electron chi connectivity index (χ4n) is 2.33. The second kappa shape index (κ2) is 8.38. The average molecular weight is 380 g/mol. The summed E-state index contributed by atoms with van der Waals surface area (Å²) < 4.78 is 5.70. The quantitative estimate of drug-likeness (QED) is 0.276. The molecule has 1 aromatic heterocycles. The highest BCUT2D eigenvalue weighted by atomic mass is 32.2. The van der Waals surface area contributed by atoms with E-state index in [1.165, 1.54) is 12.1 Å². The van der Waals surface area contributed by atoms with Gasteiger partial charge in [0.15, 0.2) is 0 Å². The Morgan fingerprint density at radius 3 is 2.56 bits per heavy atom. The van der Waals surface area contributed by atoms with E-state index < -0.39 is 4.92 Å². The molecule has 0 amide bonds. The molecule has 0 atom stereocenters. The van der Waals surface area contributed by atoms with Crippen LogP contribution in [0.4, 0.5) is 11.6 Å². The van der Waals surface area contributed by atoms with Crippen LogP contribution in [0.3, 0.4) is 0 Å². The highest BCUT2D eigenvalue weighted by molar-refractivity contribution is 7.99. The molecular formula is C19H16N4O3S. The minimum Gasteiger partial charge on any atom is -0.419 e. The minimum atomic E-state index is -0.422. The molecule has 1 heterocycles. The summed E-state index contributed by atoms with van der Waals surface area (Å²) in [6, 6.07) is 16.1. The number of benzene rings is 2. The van der Waals surface area contributed by atoms with Gasteiger partial charge in [0.05, 0.1) is 4.92 Å². The van der Waals surface area contributed by atoms with Crippen molar-refractivity contribution in [3.63, 3.8) is 0 Å². The summed E-state index contributed by atoms with van der Waals surface area (Å²) in [4.78, 5) is 15.4. The lowest BCUT2D eigenvalue weighted by Crippen LogP contribution is -2.04. The summed E-state index contributed by atoms with van der Waals surface area (Å²) in [6.07, 6.45) is 0. The number of rotatable bonds is 7. The predicted octanol–water partition coefficient (Wildman–Crippen LogP) is 4.63. The SMILES string of the molecule is Cc1ccc(-c2nc(C#N)c(NCCSc3ccc([N+](=O)[O-])cc3)o2)cc1. The van der Waals surface area contributed by atoms with Gasteiger partial charge in [0.25, 0.3) is 5.69 Å². The van der Waals surface area contributed by atoms with Crippen LogP contribution in [0.1, 0.15) is 11.3 Å². The summed E-state index contributed by atoms with van der Waals surface area (Å²) in [7, 11) is 0. The van der Waals surface area contributed by atoms with Crippen LogP contribution < -0.4 is 5.32 Å². The number of nitrogens with zero attached hydrogens (tertiary/aromatic N) is 3. The Labute approximate surface area is 160 Å². The van der Waals surface area contributed by atoms with E-state index >= 15 is 0 Å². The molecule has 27 heavy (non-hydrogen) atoms. The Kier molecular flexibility index (Phi) is 5.74. The maximum atomic E-state index is 10.7. The first-order valence-electron chi connectivity index (χ1n) is 8.16. The van der Waals surface area contributed by atoms with E-state index in [0.29, 0.717) is 24.1 Å². The van der Waals surface area contributed by atoms with E-state index in [1.807, 2.05) is 37.3 Å². The first kappa shape index (κ1) is 18.5. The largest absolute Gasteiger partial charge is 0.419 e. The lowest BCUT2D eigenvalue weighted by atomic mass is 10.1. The van der Waals surface area contributed by atoms with Crippen LogP contribution in [0.2, 0.25) is 0 Å². The number of hydrogen-bond donors (Lipinski definition) is 1. The second-order valence-electron chi connectivity index (χ2n) is 5.70. The summed E-state index contributed by atoms with van der Waals surface area (Å²) in [5.74, 6) is 1.44. The Morgan fingerprint density at radius 1 is 1.22 bits per heavy atom. The number of nitriles is 1. The number of anilines is 1. The van der Waals surface area contributed by atoms with Crippen molar-refractivity contribution in [2.45, 2.75) is 11.8 Å². The van der Waals surface area contributed by atoms with Crippen molar-refractivity contribution < 1.29 is 9.34 Å². The van der Waals surface area contributed by atoms with Crippen molar-refractivity contribution in [3.05, 3.63) is 69.9 Å². The number of non-ortho nitro benzene ring substituents is 1. The second-order valence-corrected chi connectivity index (χ2v) is 6.87. The van der Waals surface area contributed by atoms with E-state index in [1.54, 1.807) is 23.9 Å². The van der Waals surface area contributed by atoms with Gasteiger partial charge in [-0.3, -0.25) is 10.1 Å². The molecule has 0 saturated carbocycles. The third kappa shape index (κ3) is 4.65. The highest BCUT2D eigenvalue weighted by Crippen LogP contribution is 2.26. The van der Waals surface area contributed by atoms with Crippen molar-refractivity contribution in [3.8, 4) is 17.5 Å². The maximum absolute atomic E-state index is 10.7. The molecule has 136 valence electrons. The van der Waals surface area contributed by atoms with Gasteiger partial charge in [-0.15, -0.1) is 11.8 Å². The molecular weight excluding hydrogens is 364 g/mol. The van der Waals surface area contributed by atoms with Gasteiger partial charge in [0.1, 0.15) is 6.07 Å². The van der Waals surface area contributed by atoms with Gasteiger partial charge in [-0.1, -0.05) is 17.7 Å². The molecule has 2 aromatic carbocycles. The third-order valence-electron chi connectivity index (χ3n) is 3.74. The summed E-state index contributed by atoms with van der Waals surface area (Å²) in [5.41, 5.74) is 2.23. The van der Waals surface area contributed by atoms with Crippen molar-refractivity contribution >= 4 is 23.3 Å². The summed E-state index contributed by atoms with van der Waals surface area (Å²) >= 11 is 1.55. The van der Waals surface area contributed by atoms with Crippen molar-refractivity contribution in [1.82, 2.24) is 4.98 Å². The fraction of sp³-hybridized carbons (Fsp3) is 0.158. The Bertz CT molecular complexity index is 976. The standard InChI is InChI=1S/C19H16N4O3S/c1-13-2-4-14(5-3-13)18-22-17(12-20)19(26-18)21-10-11-27-16-8-6-15(7-9-16)23(24)25/h2-9,21H,10-11H2,1H3. The molecule has 0 aliphatic carbocycles. The molecule has 0 aliphatic rings. The smallest absolute Gasteiger partial charge is 0.269 e. The molecule has 7 nitrogen and oxygen atoms in total. The van der Waals surface area contributed by atoms with Crippen molar-refractivity contribution in [1.29, 1.82) is 5.26 Å². The summed E-state index contributed by atoms with van der Waals surface area (Å²) in [6.45, 7) is 2.55. The number of aromatic nitrogens is 1. The van der Waals surface area contributed by atoms with E-state index in [2.05, 4.69) is 10.3 Å². The van der Waals surface area contributed by atoms with Crippen LogP contribution >= 0.6 is 11.8 Å². The van der Waals surface area contributed by atoms with Gasteiger partial charge in [0.2, 0.25) is 17.5 Å². The molecule has 0 saturated heterocycles. The van der Waals surface area contributed by atoms with Gasteiger partial charge in [0, 0.05) is 34.9 Å². The zero-order chi connectivity index (χ0) is 19.2. The minimum absolute atomic E-state index is 0.0708. The number of oxazole rings is 1. The van der Waals surface area contributed by atoms with Crippen LogP contribution in [0.15, 0.2) is 57.8 Å². The van der Waals surface area contributed by atoms with Crippen molar-refractivity contribution in [2.24, 2.45) is 0 Å². The highest BCUT2D eigenvalue weighted by Gasteiger charge is 2.14.